The molecule has 1 aromatic rings. The van der Waals surface area contributed by atoms with E-state index in [0.717, 1.165) is 13.0 Å². The molecule has 1 heterocycles. The maximum atomic E-state index is 10.9. The van der Waals surface area contributed by atoms with Gasteiger partial charge >= 0.3 is 0 Å². The molecule has 0 spiro atoms. The zero-order valence-electron chi connectivity index (χ0n) is 9.94. The van der Waals surface area contributed by atoms with Crippen LogP contribution in [0.3, 0.4) is 0 Å². The van der Waals surface area contributed by atoms with Crippen LogP contribution in [0.4, 0.5) is 5.69 Å². The number of nitrogens with zero attached hydrogens (tertiary/aromatic N) is 2. The third kappa shape index (κ3) is 4.40. The summed E-state index contributed by atoms with van der Waals surface area (Å²) in [5.74, 6) is 0. The Kier molecular flexibility index (Phi) is 5.50. The fourth-order valence-corrected chi connectivity index (χ4v) is 1.84. The van der Waals surface area contributed by atoms with Crippen LogP contribution in [0.1, 0.15) is 26.0 Å². The maximum Gasteiger partial charge on any atom is 0.291 e. The average molecular weight is 302 g/mol. The van der Waals surface area contributed by atoms with Gasteiger partial charge in [0.2, 0.25) is 0 Å². The molecule has 0 aliphatic heterocycles. The van der Waals surface area contributed by atoms with Gasteiger partial charge in [0.15, 0.2) is 0 Å². The lowest BCUT2D eigenvalue weighted by Gasteiger charge is -2.12. The fraction of sp³-hybridized carbons (Fsp3) is 0.545. The number of pyridine rings is 1. The van der Waals surface area contributed by atoms with E-state index < -0.39 is 0 Å². The number of halogens is 1. The molecule has 0 bridgehead atoms. The third-order valence-corrected chi connectivity index (χ3v) is 2.79. The highest BCUT2D eigenvalue weighted by atomic mass is 79.9. The molecule has 1 aromatic heterocycles. The first kappa shape index (κ1) is 14.1. The van der Waals surface area contributed by atoms with Crippen LogP contribution in [0.2, 0.25) is 0 Å². The Labute approximate surface area is 109 Å². The molecule has 0 saturated carbocycles. The summed E-state index contributed by atoms with van der Waals surface area (Å²) >= 11 is 3.19. The van der Waals surface area contributed by atoms with Crippen molar-refractivity contribution in [1.82, 2.24) is 10.3 Å². The van der Waals surface area contributed by atoms with Crippen molar-refractivity contribution in [3.63, 3.8) is 0 Å². The predicted molar refractivity (Wildman–Crippen MR) is 70.1 cm³/mol. The van der Waals surface area contributed by atoms with E-state index in [1.165, 1.54) is 6.07 Å². The van der Waals surface area contributed by atoms with Crippen molar-refractivity contribution in [3.8, 4) is 0 Å². The Bertz CT molecular complexity index is 398. The van der Waals surface area contributed by atoms with E-state index in [1.807, 2.05) is 6.92 Å². The highest BCUT2D eigenvalue weighted by Gasteiger charge is 2.17. The lowest BCUT2D eigenvalue weighted by atomic mass is 10.1. The van der Waals surface area contributed by atoms with E-state index in [4.69, 9.17) is 0 Å². The van der Waals surface area contributed by atoms with Crippen molar-refractivity contribution in [2.24, 2.45) is 0 Å². The zero-order valence-corrected chi connectivity index (χ0v) is 11.5. The zero-order chi connectivity index (χ0) is 12.8. The minimum absolute atomic E-state index is 0.0736. The van der Waals surface area contributed by atoms with E-state index in [-0.39, 0.29) is 16.7 Å². The molecule has 0 amide bonds. The molecule has 5 nitrogen and oxygen atoms in total. The average Bonchev–Trinajstić information content (AvgIpc) is 2.28. The molecule has 0 radical (unpaired) electrons. The largest absolute Gasteiger partial charge is 0.314 e. The number of hydrogen-bond donors (Lipinski definition) is 1. The first-order chi connectivity index (χ1) is 8.04. The monoisotopic (exact) mass is 301 g/mol. The van der Waals surface area contributed by atoms with Crippen LogP contribution >= 0.6 is 15.9 Å². The van der Waals surface area contributed by atoms with Gasteiger partial charge in [0.25, 0.3) is 5.69 Å². The van der Waals surface area contributed by atoms with Crippen LogP contribution in [0, 0.1) is 10.1 Å². The third-order valence-electron chi connectivity index (χ3n) is 2.35. The maximum absolute atomic E-state index is 10.9. The number of rotatable bonds is 6. The molecule has 0 saturated heterocycles. The lowest BCUT2D eigenvalue weighted by molar-refractivity contribution is -0.386. The van der Waals surface area contributed by atoms with Crippen molar-refractivity contribution in [2.75, 3.05) is 6.54 Å². The number of nitro groups is 1. The Balaban J connectivity index is 2.79. The van der Waals surface area contributed by atoms with Gasteiger partial charge < -0.3 is 5.32 Å². The molecule has 94 valence electrons. The van der Waals surface area contributed by atoms with Gasteiger partial charge in [-0.1, -0.05) is 6.92 Å². The Morgan fingerprint density at radius 3 is 2.94 bits per heavy atom. The molecular formula is C11H16BrN3O2. The minimum Gasteiger partial charge on any atom is -0.314 e. The smallest absolute Gasteiger partial charge is 0.291 e. The van der Waals surface area contributed by atoms with Crippen molar-refractivity contribution >= 4 is 21.6 Å². The summed E-state index contributed by atoms with van der Waals surface area (Å²) in [6.07, 6.45) is 3.19. The molecule has 0 aromatic carbocycles. The molecule has 6 heteroatoms. The molecule has 0 aliphatic rings. The van der Waals surface area contributed by atoms with Crippen molar-refractivity contribution in [2.45, 2.75) is 32.7 Å². The van der Waals surface area contributed by atoms with Crippen LogP contribution in [0.5, 0.6) is 0 Å². The first-order valence-corrected chi connectivity index (χ1v) is 6.36. The molecule has 1 rings (SSSR count). The number of nitrogens with one attached hydrogen (secondary N) is 1. The predicted octanol–water partition coefficient (Wildman–Crippen LogP) is 2.68. The van der Waals surface area contributed by atoms with Gasteiger partial charge in [0, 0.05) is 29.2 Å². The number of aromatic nitrogens is 1. The summed E-state index contributed by atoms with van der Waals surface area (Å²) in [7, 11) is 0. The van der Waals surface area contributed by atoms with E-state index in [2.05, 4.69) is 33.2 Å². The fourth-order valence-electron chi connectivity index (χ4n) is 1.53. The Hall–Kier alpha value is -1.01. The van der Waals surface area contributed by atoms with E-state index in [0.29, 0.717) is 16.6 Å². The second-order valence-corrected chi connectivity index (χ2v) is 4.85. The summed E-state index contributed by atoms with van der Waals surface area (Å²) in [6.45, 7) is 4.99. The summed E-state index contributed by atoms with van der Waals surface area (Å²) < 4.78 is 0.627. The van der Waals surface area contributed by atoms with Crippen LogP contribution in [0.25, 0.3) is 0 Å². The van der Waals surface area contributed by atoms with Crippen molar-refractivity contribution < 1.29 is 4.92 Å². The molecule has 1 unspecified atom stereocenters. The van der Waals surface area contributed by atoms with Gasteiger partial charge in [-0.05, 0) is 35.8 Å². The van der Waals surface area contributed by atoms with Crippen LogP contribution < -0.4 is 5.32 Å². The highest BCUT2D eigenvalue weighted by Crippen LogP contribution is 2.22. The van der Waals surface area contributed by atoms with E-state index in [9.17, 15) is 10.1 Å². The Morgan fingerprint density at radius 1 is 1.65 bits per heavy atom. The first-order valence-electron chi connectivity index (χ1n) is 5.56. The van der Waals surface area contributed by atoms with Crippen molar-refractivity contribution in [1.29, 1.82) is 0 Å². The normalized spacial score (nSPS) is 12.4. The van der Waals surface area contributed by atoms with Crippen LogP contribution in [0.15, 0.2) is 16.7 Å². The standard InChI is InChI=1S/C11H16BrN3O2/c1-3-4-13-8(2)5-10-11(15(16)17)6-9(12)7-14-10/h6-8,13H,3-5H2,1-2H3. The molecule has 1 atom stereocenters. The van der Waals surface area contributed by atoms with Crippen LogP contribution in [-0.4, -0.2) is 22.5 Å². The van der Waals surface area contributed by atoms with Gasteiger partial charge in [-0.25, -0.2) is 0 Å². The summed E-state index contributed by atoms with van der Waals surface area (Å²) in [5.41, 5.74) is 0.596. The van der Waals surface area contributed by atoms with Crippen molar-refractivity contribution in [3.05, 3.63) is 32.5 Å². The van der Waals surface area contributed by atoms with E-state index >= 15 is 0 Å². The van der Waals surface area contributed by atoms with Gasteiger partial charge in [0.1, 0.15) is 5.69 Å². The Morgan fingerprint density at radius 2 is 2.35 bits per heavy atom. The summed E-state index contributed by atoms with van der Waals surface area (Å²) in [6, 6.07) is 1.68. The second kappa shape index (κ2) is 6.66. The summed E-state index contributed by atoms with van der Waals surface area (Å²) in [5, 5.41) is 14.2. The topological polar surface area (TPSA) is 68.1 Å². The molecule has 0 fully saturated rings. The molecule has 1 N–H and O–H groups in total. The van der Waals surface area contributed by atoms with E-state index in [1.54, 1.807) is 6.20 Å². The van der Waals surface area contributed by atoms with Gasteiger partial charge in [-0.3, -0.25) is 15.1 Å². The quantitative estimate of drug-likeness (QED) is 0.648. The minimum atomic E-state index is -0.389. The molecular weight excluding hydrogens is 286 g/mol. The van der Waals surface area contributed by atoms with Gasteiger partial charge in [-0.2, -0.15) is 0 Å². The highest BCUT2D eigenvalue weighted by molar-refractivity contribution is 9.10. The SMILES string of the molecule is CCCNC(C)Cc1ncc(Br)cc1[N+](=O)[O-]. The van der Waals surface area contributed by atoms with Gasteiger partial charge in [0.05, 0.1) is 4.92 Å². The second-order valence-electron chi connectivity index (χ2n) is 3.94. The number of hydrogen-bond acceptors (Lipinski definition) is 4. The summed E-state index contributed by atoms with van der Waals surface area (Å²) in [4.78, 5) is 14.6. The molecule has 17 heavy (non-hydrogen) atoms. The van der Waals surface area contributed by atoms with Gasteiger partial charge in [-0.15, -0.1) is 0 Å². The molecule has 0 aliphatic carbocycles. The van der Waals surface area contributed by atoms with Crippen LogP contribution in [-0.2, 0) is 6.42 Å². The lowest BCUT2D eigenvalue weighted by Crippen LogP contribution is -2.29.